The second-order valence-electron chi connectivity index (χ2n) is 15.7. The zero-order chi connectivity index (χ0) is 42.2. The van der Waals surface area contributed by atoms with Crippen molar-refractivity contribution in [2.45, 2.75) is 68.3 Å². The lowest BCUT2D eigenvalue weighted by Crippen LogP contribution is -2.46. The Kier molecular flexibility index (Phi) is 10.5. The number of pyridine rings is 1. The number of nitrogens with one attached hydrogen (secondary N) is 1. The number of aryl methyl sites for hydroxylation is 1. The SMILES string of the molecule is Cn1nc(CS(C)(=O)=O)c2c(Cl)ccc(-c3ccc(C#C[C@]4(C)CNCCO4)nc3[C@@H](CC(=O)Cn3nc(C(F)F)c4c3C(F)(F)[C@@H]3C[C@H]43)Cc3cc(F)cc(F)c3)c21. The van der Waals surface area contributed by atoms with Crippen LogP contribution in [0, 0.1) is 29.4 Å². The first-order chi connectivity index (χ1) is 27.8. The van der Waals surface area contributed by atoms with E-state index in [0.717, 1.165) is 18.4 Å². The van der Waals surface area contributed by atoms with E-state index < -0.39 is 93.1 Å². The molecule has 4 heterocycles. The number of hydrogen-bond donors (Lipinski definition) is 1. The Morgan fingerprint density at radius 1 is 1.08 bits per heavy atom. The number of Topliss-reactive ketones (excluding diaryl/α,β-unsaturated/α-hetero) is 1. The number of benzene rings is 2. The van der Waals surface area contributed by atoms with Crippen LogP contribution in [0.3, 0.4) is 0 Å². The lowest BCUT2D eigenvalue weighted by Gasteiger charge is -2.29. The highest BCUT2D eigenvalue weighted by Crippen LogP contribution is 2.68. The van der Waals surface area contributed by atoms with Crippen LogP contribution in [0.25, 0.3) is 22.0 Å². The minimum Gasteiger partial charge on any atom is -0.360 e. The average molecular weight is 859 g/mol. The molecule has 2 aliphatic carbocycles. The van der Waals surface area contributed by atoms with E-state index in [0.29, 0.717) is 52.5 Å². The summed E-state index contributed by atoms with van der Waals surface area (Å²) < 4.78 is 121. The molecule has 0 bridgehead atoms. The quantitative estimate of drug-likeness (QED) is 0.110. The van der Waals surface area contributed by atoms with Gasteiger partial charge < -0.3 is 10.1 Å². The maximum absolute atomic E-state index is 15.5. The Morgan fingerprint density at radius 2 is 1.81 bits per heavy atom. The van der Waals surface area contributed by atoms with Crippen LogP contribution in [0.15, 0.2) is 42.5 Å². The highest BCUT2D eigenvalue weighted by atomic mass is 35.5. The van der Waals surface area contributed by atoms with Gasteiger partial charge in [-0.2, -0.15) is 19.0 Å². The molecule has 1 aliphatic heterocycles. The zero-order valence-electron chi connectivity index (χ0n) is 31.9. The third kappa shape index (κ3) is 7.99. The summed E-state index contributed by atoms with van der Waals surface area (Å²) in [4.78, 5) is 19.1. The molecule has 1 saturated heterocycles. The first-order valence-corrected chi connectivity index (χ1v) is 21.2. The fourth-order valence-electron chi connectivity index (χ4n) is 8.47. The fraction of sp³-hybridized carbons (Fsp3) is 0.415. The van der Waals surface area contributed by atoms with Gasteiger partial charge in [0.25, 0.3) is 12.3 Å². The van der Waals surface area contributed by atoms with Crippen LogP contribution in [0.1, 0.15) is 77.6 Å². The highest BCUT2D eigenvalue weighted by molar-refractivity contribution is 7.89. The number of halogens is 7. The van der Waals surface area contributed by atoms with Crippen molar-refractivity contribution in [3.05, 3.63) is 98.7 Å². The van der Waals surface area contributed by atoms with Crippen LogP contribution in [0.2, 0.25) is 5.02 Å². The predicted octanol–water partition coefficient (Wildman–Crippen LogP) is 7.17. The molecule has 0 amide bonds. The fourth-order valence-corrected chi connectivity index (χ4v) is 9.43. The molecule has 10 nitrogen and oxygen atoms in total. The van der Waals surface area contributed by atoms with Gasteiger partial charge in [0.15, 0.2) is 15.6 Å². The van der Waals surface area contributed by atoms with Gasteiger partial charge in [-0.25, -0.2) is 31.0 Å². The van der Waals surface area contributed by atoms with E-state index in [1.807, 2.05) is 0 Å². The topological polar surface area (TPSA) is 121 Å². The minimum absolute atomic E-state index is 0.0471. The summed E-state index contributed by atoms with van der Waals surface area (Å²) in [5.74, 6) is -3.12. The third-order valence-electron chi connectivity index (χ3n) is 11.0. The molecule has 8 rings (SSSR count). The predicted molar refractivity (Wildman–Crippen MR) is 206 cm³/mol. The standard InChI is InChI=1S/C41H37ClF6N6O4S/c1-40(20-49-10-11-58-40)9-8-25-4-5-27(28-6-7-31(42)34-32(19-59(3,56)57)51-53(2)37(28)34)35(50-25)22(12-21-13-23(43)16-24(44)14-21)15-26(55)18-54-38-33(36(52-54)39(45)46)29-17-30(29)41(38,47)48/h4-7,13-14,16,22,29-30,39,49H,10-12,15,17-20H2,1-3H3/t22-,29+,30-,40-/m1/s1. The average Bonchev–Trinajstić information content (AvgIpc) is 3.69. The molecule has 0 unspecified atom stereocenters. The maximum atomic E-state index is 15.5. The van der Waals surface area contributed by atoms with Crippen LogP contribution in [-0.4, -0.2) is 70.3 Å². The second-order valence-corrected chi connectivity index (χ2v) is 18.2. The number of morpholine rings is 1. The summed E-state index contributed by atoms with van der Waals surface area (Å²) in [5, 5.41) is 12.1. The van der Waals surface area contributed by atoms with Crippen molar-refractivity contribution >= 4 is 38.1 Å². The number of ether oxygens (including phenoxy) is 1. The van der Waals surface area contributed by atoms with Gasteiger partial charge in [0.1, 0.15) is 40.9 Å². The van der Waals surface area contributed by atoms with Crippen molar-refractivity contribution < 1.29 is 44.3 Å². The lowest BCUT2D eigenvalue weighted by molar-refractivity contribution is -0.120. The van der Waals surface area contributed by atoms with Crippen molar-refractivity contribution in [1.29, 1.82) is 0 Å². The number of carbonyl (C=O) groups excluding carboxylic acids is 1. The summed E-state index contributed by atoms with van der Waals surface area (Å²) in [5.41, 5.74) is -0.501. The molecular weight excluding hydrogens is 822 g/mol. The molecule has 18 heteroatoms. The number of carbonyl (C=O) groups is 1. The molecule has 0 spiro atoms. The van der Waals surface area contributed by atoms with Gasteiger partial charge in [-0.05, 0) is 67.5 Å². The van der Waals surface area contributed by atoms with E-state index in [-0.39, 0.29) is 46.1 Å². The number of aromatic nitrogens is 5. The first-order valence-electron chi connectivity index (χ1n) is 18.8. The van der Waals surface area contributed by atoms with Crippen molar-refractivity contribution in [3.63, 3.8) is 0 Å². The lowest BCUT2D eigenvalue weighted by atomic mass is 9.86. The van der Waals surface area contributed by atoms with E-state index in [9.17, 15) is 30.8 Å². The molecule has 2 aromatic carbocycles. The van der Waals surface area contributed by atoms with Crippen molar-refractivity contribution in [2.75, 3.05) is 26.0 Å². The van der Waals surface area contributed by atoms with E-state index >= 15 is 8.78 Å². The Hall–Kier alpha value is -4.76. The van der Waals surface area contributed by atoms with Crippen LogP contribution < -0.4 is 5.32 Å². The van der Waals surface area contributed by atoms with Gasteiger partial charge in [0.05, 0.1) is 34.3 Å². The number of rotatable bonds is 11. The Bertz CT molecular complexity index is 2680. The van der Waals surface area contributed by atoms with Gasteiger partial charge in [-0.1, -0.05) is 23.6 Å². The largest absolute Gasteiger partial charge is 0.360 e. The van der Waals surface area contributed by atoms with Crippen molar-refractivity contribution in [2.24, 2.45) is 13.0 Å². The number of nitrogens with zero attached hydrogens (tertiary/aromatic N) is 5. The molecule has 0 radical (unpaired) electrons. The van der Waals surface area contributed by atoms with E-state index in [1.165, 1.54) is 4.68 Å². The molecule has 59 heavy (non-hydrogen) atoms. The van der Waals surface area contributed by atoms with E-state index in [2.05, 4.69) is 27.4 Å². The first kappa shape index (κ1) is 41.0. The molecule has 5 aromatic rings. The van der Waals surface area contributed by atoms with Gasteiger partial charge in [-0.15, -0.1) is 0 Å². The number of sulfone groups is 1. The van der Waals surface area contributed by atoms with Gasteiger partial charge in [0.2, 0.25) is 0 Å². The number of hydrogen-bond acceptors (Lipinski definition) is 8. The van der Waals surface area contributed by atoms with Crippen LogP contribution in [-0.2, 0) is 51.1 Å². The number of ketones is 1. The normalized spacial score (nSPS) is 21.3. The Balaban J connectivity index is 1.28. The molecule has 3 aliphatic rings. The van der Waals surface area contributed by atoms with Crippen molar-refractivity contribution in [3.8, 4) is 23.0 Å². The summed E-state index contributed by atoms with van der Waals surface area (Å²) in [7, 11) is -1.96. The molecular formula is C41H37ClF6N6O4S. The van der Waals surface area contributed by atoms with Gasteiger partial charge >= 0.3 is 0 Å². The molecule has 3 aromatic heterocycles. The van der Waals surface area contributed by atoms with Crippen LogP contribution in [0.5, 0.6) is 0 Å². The minimum atomic E-state index is -3.56. The number of fused-ring (bicyclic) bond motifs is 4. The molecule has 310 valence electrons. The maximum Gasteiger partial charge on any atom is 0.293 e. The van der Waals surface area contributed by atoms with Crippen molar-refractivity contribution in [1.82, 2.24) is 29.9 Å². The highest BCUT2D eigenvalue weighted by Gasteiger charge is 2.67. The zero-order valence-corrected chi connectivity index (χ0v) is 33.5. The third-order valence-corrected chi connectivity index (χ3v) is 12.1. The summed E-state index contributed by atoms with van der Waals surface area (Å²) in [6.45, 7) is 2.51. The van der Waals surface area contributed by atoms with E-state index in [4.69, 9.17) is 21.3 Å². The molecule has 2 fully saturated rings. The molecule has 1 N–H and O–H groups in total. The van der Waals surface area contributed by atoms with Gasteiger partial charge in [-0.3, -0.25) is 14.2 Å². The summed E-state index contributed by atoms with van der Waals surface area (Å²) in [6.07, 6.45) is -2.68. The van der Waals surface area contributed by atoms with Gasteiger partial charge in [0, 0.05) is 72.8 Å². The smallest absolute Gasteiger partial charge is 0.293 e. The monoisotopic (exact) mass is 858 g/mol. The molecule has 4 atom stereocenters. The van der Waals surface area contributed by atoms with Crippen LogP contribution >= 0.6 is 11.6 Å². The van der Waals surface area contributed by atoms with E-state index in [1.54, 1.807) is 38.2 Å². The van der Waals surface area contributed by atoms with Crippen LogP contribution in [0.4, 0.5) is 26.3 Å². The molecule has 1 saturated carbocycles. The second kappa shape index (κ2) is 15.1. The number of alkyl halides is 4. The Labute approximate surface area is 340 Å². The summed E-state index contributed by atoms with van der Waals surface area (Å²) in [6, 6.07) is 9.43. The summed E-state index contributed by atoms with van der Waals surface area (Å²) >= 11 is 6.67. The Morgan fingerprint density at radius 3 is 2.49 bits per heavy atom.